The van der Waals surface area contributed by atoms with Crippen LogP contribution in [0.2, 0.25) is 0 Å². The highest BCUT2D eigenvalue weighted by atomic mass is 79.9. The lowest BCUT2D eigenvalue weighted by Gasteiger charge is -2.10. The first-order chi connectivity index (χ1) is 13.4. The fraction of sp³-hybridized carbons (Fsp3) is 0.316. The number of hydrogen-bond acceptors (Lipinski definition) is 5. The van der Waals surface area contributed by atoms with Crippen LogP contribution >= 0.6 is 15.9 Å². The van der Waals surface area contributed by atoms with Gasteiger partial charge in [0, 0.05) is 24.0 Å². The highest BCUT2D eigenvalue weighted by Crippen LogP contribution is 2.27. The van der Waals surface area contributed by atoms with Gasteiger partial charge in [0.15, 0.2) is 11.5 Å². The van der Waals surface area contributed by atoms with Gasteiger partial charge < -0.3 is 14.8 Å². The Bertz CT molecular complexity index is 901. The first kappa shape index (κ1) is 22.2. The number of carbonyl (C=O) groups excluding carboxylic acids is 1. The van der Waals surface area contributed by atoms with Crippen molar-refractivity contribution < 1.29 is 22.7 Å². The summed E-state index contributed by atoms with van der Waals surface area (Å²) in [7, 11) is -0.487. The molecule has 0 aliphatic rings. The molecule has 1 amide bonds. The van der Waals surface area contributed by atoms with E-state index in [1.54, 1.807) is 26.4 Å². The summed E-state index contributed by atoms with van der Waals surface area (Å²) in [5.41, 5.74) is 0.994. The zero-order valence-corrected chi connectivity index (χ0v) is 18.1. The van der Waals surface area contributed by atoms with Crippen LogP contribution in [0.1, 0.15) is 12.0 Å². The second-order valence-corrected chi connectivity index (χ2v) is 8.57. The van der Waals surface area contributed by atoms with Gasteiger partial charge in [-0.15, -0.1) is 0 Å². The van der Waals surface area contributed by atoms with Gasteiger partial charge in [0.05, 0.1) is 19.1 Å². The Labute approximate surface area is 173 Å². The number of hydrogen-bond donors (Lipinski definition) is 2. The number of halogens is 1. The van der Waals surface area contributed by atoms with Crippen LogP contribution in [0.4, 0.5) is 0 Å². The quantitative estimate of drug-likeness (QED) is 0.556. The van der Waals surface area contributed by atoms with Crippen molar-refractivity contribution in [1.29, 1.82) is 0 Å². The lowest BCUT2D eigenvalue weighted by atomic mass is 10.1. The molecule has 2 aromatic rings. The van der Waals surface area contributed by atoms with Crippen LogP contribution in [-0.4, -0.2) is 41.6 Å². The molecule has 0 saturated carbocycles. The minimum atomic E-state index is -3.63. The number of sulfonamides is 1. The standard InChI is InChI=1S/C19H23BrN2O5S/c1-26-17-8-3-14(13-18(17)27-2)9-11-21-19(23)10-12-22-28(24,25)16-6-4-15(20)5-7-16/h3-8,13,22H,9-12H2,1-2H3,(H,21,23). The Balaban J connectivity index is 1.75. The molecule has 0 saturated heterocycles. The van der Waals surface area contributed by atoms with E-state index in [1.165, 1.54) is 12.1 Å². The lowest BCUT2D eigenvalue weighted by Crippen LogP contribution is -2.31. The van der Waals surface area contributed by atoms with E-state index in [0.29, 0.717) is 24.5 Å². The molecule has 0 spiro atoms. The average Bonchev–Trinajstić information content (AvgIpc) is 2.68. The van der Waals surface area contributed by atoms with Gasteiger partial charge in [0.2, 0.25) is 15.9 Å². The highest BCUT2D eigenvalue weighted by Gasteiger charge is 2.14. The van der Waals surface area contributed by atoms with Crippen molar-refractivity contribution in [2.24, 2.45) is 0 Å². The Hall–Kier alpha value is -2.10. The Morgan fingerprint density at radius 3 is 2.32 bits per heavy atom. The maximum Gasteiger partial charge on any atom is 0.240 e. The predicted octanol–water partition coefficient (Wildman–Crippen LogP) is 2.49. The molecule has 0 aliphatic heterocycles. The Kier molecular flexibility index (Phi) is 8.28. The molecule has 152 valence electrons. The van der Waals surface area contributed by atoms with E-state index in [1.807, 2.05) is 18.2 Å². The Morgan fingerprint density at radius 2 is 1.68 bits per heavy atom. The van der Waals surface area contributed by atoms with E-state index in [-0.39, 0.29) is 23.8 Å². The van der Waals surface area contributed by atoms with Gasteiger partial charge >= 0.3 is 0 Å². The van der Waals surface area contributed by atoms with Gasteiger partial charge in [-0.1, -0.05) is 22.0 Å². The SMILES string of the molecule is COc1ccc(CCNC(=O)CCNS(=O)(=O)c2ccc(Br)cc2)cc1OC. The summed E-state index contributed by atoms with van der Waals surface area (Å²) >= 11 is 3.26. The molecule has 0 unspecified atom stereocenters. The molecule has 0 heterocycles. The fourth-order valence-corrected chi connectivity index (χ4v) is 3.76. The number of amides is 1. The summed E-state index contributed by atoms with van der Waals surface area (Å²) in [4.78, 5) is 12.1. The molecule has 0 aromatic heterocycles. The molecular formula is C19H23BrN2O5S. The number of methoxy groups -OCH3 is 2. The van der Waals surface area contributed by atoms with Crippen LogP contribution in [0, 0.1) is 0 Å². The number of rotatable bonds is 10. The molecule has 0 fully saturated rings. The van der Waals surface area contributed by atoms with E-state index in [9.17, 15) is 13.2 Å². The molecule has 2 aromatic carbocycles. The summed E-state index contributed by atoms with van der Waals surface area (Å²) in [5.74, 6) is 1.06. The fourth-order valence-electron chi connectivity index (χ4n) is 2.47. The number of carbonyl (C=O) groups is 1. The third-order valence-electron chi connectivity index (χ3n) is 3.95. The molecule has 9 heteroatoms. The summed E-state index contributed by atoms with van der Waals surface area (Å²) in [6, 6.07) is 11.9. The molecule has 28 heavy (non-hydrogen) atoms. The number of nitrogens with one attached hydrogen (secondary N) is 2. The van der Waals surface area contributed by atoms with Gasteiger partial charge in [-0.25, -0.2) is 13.1 Å². The molecule has 0 atom stereocenters. The lowest BCUT2D eigenvalue weighted by molar-refractivity contribution is -0.120. The third kappa shape index (κ3) is 6.50. The normalized spacial score (nSPS) is 11.1. The summed E-state index contributed by atoms with van der Waals surface area (Å²) in [5, 5.41) is 2.78. The zero-order chi connectivity index (χ0) is 20.6. The molecular weight excluding hydrogens is 448 g/mol. The van der Waals surface area contributed by atoms with Gasteiger partial charge in [0.1, 0.15) is 0 Å². The van der Waals surface area contributed by atoms with E-state index < -0.39 is 10.0 Å². The van der Waals surface area contributed by atoms with Gasteiger partial charge in [0.25, 0.3) is 0 Å². The minimum absolute atomic E-state index is 0.0284. The van der Waals surface area contributed by atoms with Crippen molar-refractivity contribution in [3.05, 3.63) is 52.5 Å². The highest BCUT2D eigenvalue weighted by molar-refractivity contribution is 9.10. The van der Waals surface area contributed by atoms with Gasteiger partial charge in [-0.05, 0) is 48.4 Å². The van der Waals surface area contributed by atoms with E-state index in [0.717, 1.165) is 10.0 Å². The molecule has 0 bridgehead atoms. The minimum Gasteiger partial charge on any atom is -0.493 e. The molecule has 0 aliphatic carbocycles. The molecule has 2 N–H and O–H groups in total. The van der Waals surface area contributed by atoms with E-state index in [4.69, 9.17) is 9.47 Å². The summed E-state index contributed by atoms with van der Waals surface area (Å²) in [6.07, 6.45) is 0.679. The molecule has 2 rings (SSSR count). The van der Waals surface area contributed by atoms with Crippen molar-refractivity contribution in [1.82, 2.24) is 10.0 Å². The first-order valence-corrected chi connectivity index (χ1v) is 10.9. The second-order valence-electron chi connectivity index (χ2n) is 5.89. The van der Waals surface area contributed by atoms with Crippen LogP contribution in [0.5, 0.6) is 11.5 Å². The molecule has 7 nitrogen and oxygen atoms in total. The average molecular weight is 471 g/mol. The first-order valence-electron chi connectivity index (χ1n) is 8.58. The summed E-state index contributed by atoms with van der Waals surface area (Å²) < 4.78 is 38.0. The van der Waals surface area contributed by atoms with Crippen molar-refractivity contribution in [3.8, 4) is 11.5 Å². The maximum absolute atomic E-state index is 12.2. The molecule has 0 radical (unpaired) electrons. The van der Waals surface area contributed by atoms with Crippen LogP contribution in [0.25, 0.3) is 0 Å². The van der Waals surface area contributed by atoms with Gasteiger partial charge in [-0.2, -0.15) is 0 Å². The van der Waals surface area contributed by atoms with Crippen LogP contribution < -0.4 is 19.5 Å². The van der Waals surface area contributed by atoms with Gasteiger partial charge in [-0.3, -0.25) is 4.79 Å². The zero-order valence-electron chi connectivity index (χ0n) is 15.7. The van der Waals surface area contributed by atoms with Crippen molar-refractivity contribution in [2.45, 2.75) is 17.7 Å². The van der Waals surface area contributed by atoms with E-state index >= 15 is 0 Å². The second kappa shape index (κ2) is 10.4. The van der Waals surface area contributed by atoms with Crippen LogP contribution in [-0.2, 0) is 21.2 Å². The predicted molar refractivity (Wildman–Crippen MR) is 110 cm³/mol. The topological polar surface area (TPSA) is 93.7 Å². The number of benzene rings is 2. The maximum atomic E-state index is 12.2. The largest absolute Gasteiger partial charge is 0.493 e. The smallest absolute Gasteiger partial charge is 0.240 e. The monoisotopic (exact) mass is 470 g/mol. The van der Waals surface area contributed by atoms with E-state index in [2.05, 4.69) is 26.0 Å². The van der Waals surface area contributed by atoms with Crippen LogP contribution in [0.15, 0.2) is 51.8 Å². The number of ether oxygens (including phenoxy) is 2. The Morgan fingerprint density at radius 1 is 1.00 bits per heavy atom. The van der Waals surface area contributed by atoms with Crippen molar-refractivity contribution >= 4 is 31.9 Å². The third-order valence-corrected chi connectivity index (χ3v) is 5.96. The van der Waals surface area contributed by atoms with Crippen molar-refractivity contribution in [2.75, 3.05) is 27.3 Å². The summed E-state index contributed by atoms with van der Waals surface area (Å²) in [6.45, 7) is 0.467. The van der Waals surface area contributed by atoms with Crippen molar-refractivity contribution in [3.63, 3.8) is 0 Å². The van der Waals surface area contributed by atoms with Crippen LogP contribution in [0.3, 0.4) is 0 Å².